The molecule has 0 aliphatic carbocycles. The molecule has 1 aromatic heterocycles. The molecule has 1 unspecified atom stereocenters. The van der Waals surface area contributed by atoms with Gasteiger partial charge in [-0.2, -0.15) is 5.10 Å². The minimum atomic E-state index is 0.478. The normalized spacial score (nSPS) is 21.4. The molecule has 0 spiro atoms. The summed E-state index contributed by atoms with van der Waals surface area (Å²) in [5, 5.41) is 9.45. The first-order chi connectivity index (χ1) is 7.86. The number of hydrogen-bond acceptors (Lipinski definition) is 2. The third kappa shape index (κ3) is 1.52. The zero-order chi connectivity index (χ0) is 11.0. The number of piperidine rings is 1. The molecule has 3 nitrogen and oxygen atoms in total. The van der Waals surface area contributed by atoms with Crippen LogP contribution < -0.4 is 5.32 Å². The summed E-state index contributed by atoms with van der Waals surface area (Å²) in [6.45, 7) is 1.13. The minimum absolute atomic E-state index is 0.478. The molecule has 0 radical (unpaired) electrons. The van der Waals surface area contributed by atoms with E-state index in [0.717, 1.165) is 12.1 Å². The Morgan fingerprint density at radius 3 is 3.00 bits per heavy atom. The van der Waals surface area contributed by atoms with Crippen LogP contribution in [0.5, 0.6) is 0 Å². The summed E-state index contributed by atoms with van der Waals surface area (Å²) < 4.78 is 2.04. The zero-order valence-electron chi connectivity index (χ0n) is 9.61. The third-order valence-corrected chi connectivity index (χ3v) is 3.43. The van der Waals surface area contributed by atoms with Crippen LogP contribution in [0.15, 0.2) is 24.3 Å². The fourth-order valence-corrected chi connectivity index (χ4v) is 2.67. The first-order valence-electron chi connectivity index (χ1n) is 6.01. The number of nitrogens with zero attached hydrogens (tertiary/aromatic N) is 2. The minimum Gasteiger partial charge on any atom is -0.309 e. The molecule has 3 rings (SSSR count). The molecular formula is C13H17N3. The van der Waals surface area contributed by atoms with Gasteiger partial charge in [-0.25, -0.2) is 0 Å². The van der Waals surface area contributed by atoms with Crippen molar-refractivity contribution >= 4 is 10.9 Å². The summed E-state index contributed by atoms with van der Waals surface area (Å²) in [6.07, 6.45) is 3.84. The van der Waals surface area contributed by atoms with Crippen molar-refractivity contribution in [3.63, 3.8) is 0 Å². The van der Waals surface area contributed by atoms with E-state index in [2.05, 4.69) is 28.6 Å². The second kappa shape index (κ2) is 3.91. The molecule has 2 heterocycles. The van der Waals surface area contributed by atoms with Gasteiger partial charge in [0.05, 0.1) is 11.2 Å². The second-order valence-corrected chi connectivity index (χ2v) is 4.53. The van der Waals surface area contributed by atoms with E-state index < -0.39 is 0 Å². The molecule has 16 heavy (non-hydrogen) atoms. The van der Waals surface area contributed by atoms with E-state index in [-0.39, 0.29) is 0 Å². The van der Waals surface area contributed by atoms with Gasteiger partial charge in [-0.3, -0.25) is 4.68 Å². The number of hydrogen-bond donors (Lipinski definition) is 1. The van der Waals surface area contributed by atoms with Crippen molar-refractivity contribution in [2.45, 2.75) is 25.3 Å². The molecule has 3 heteroatoms. The van der Waals surface area contributed by atoms with Crippen LogP contribution in [0.2, 0.25) is 0 Å². The third-order valence-electron chi connectivity index (χ3n) is 3.43. The van der Waals surface area contributed by atoms with Gasteiger partial charge in [0, 0.05) is 18.5 Å². The molecule has 1 fully saturated rings. The molecule has 1 saturated heterocycles. The van der Waals surface area contributed by atoms with Crippen LogP contribution in [0.3, 0.4) is 0 Å². The van der Waals surface area contributed by atoms with Gasteiger partial charge in [-0.15, -0.1) is 0 Å². The Labute approximate surface area is 95.5 Å². The number of nitrogens with one attached hydrogen (secondary N) is 1. The number of benzene rings is 1. The summed E-state index contributed by atoms with van der Waals surface area (Å²) in [5.41, 5.74) is 2.45. The largest absolute Gasteiger partial charge is 0.309 e. The van der Waals surface area contributed by atoms with Crippen LogP contribution in [0.4, 0.5) is 0 Å². The first-order valence-corrected chi connectivity index (χ1v) is 6.01. The quantitative estimate of drug-likeness (QED) is 0.791. The molecular weight excluding hydrogens is 198 g/mol. The summed E-state index contributed by atoms with van der Waals surface area (Å²) >= 11 is 0. The maximum absolute atomic E-state index is 4.56. The van der Waals surface area contributed by atoms with E-state index >= 15 is 0 Å². The van der Waals surface area contributed by atoms with Crippen LogP contribution in [0.25, 0.3) is 10.9 Å². The molecule has 2 aromatic rings. The second-order valence-electron chi connectivity index (χ2n) is 4.53. The van der Waals surface area contributed by atoms with Gasteiger partial charge in [0.15, 0.2) is 0 Å². The molecule has 1 aliphatic heterocycles. The lowest BCUT2D eigenvalue weighted by Gasteiger charge is -2.23. The van der Waals surface area contributed by atoms with E-state index in [1.165, 1.54) is 30.3 Å². The fraction of sp³-hybridized carbons (Fsp3) is 0.462. The van der Waals surface area contributed by atoms with Gasteiger partial charge in [0.25, 0.3) is 0 Å². The predicted octanol–water partition coefficient (Wildman–Crippen LogP) is 2.39. The van der Waals surface area contributed by atoms with E-state index in [0.29, 0.717) is 6.04 Å². The molecule has 1 aliphatic rings. The van der Waals surface area contributed by atoms with Crippen LogP contribution >= 0.6 is 0 Å². The maximum Gasteiger partial charge on any atom is 0.0926 e. The number of rotatable bonds is 1. The van der Waals surface area contributed by atoms with Crippen molar-refractivity contribution in [2.24, 2.45) is 7.05 Å². The highest BCUT2D eigenvalue weighted by Gasteiger charge is 2.20. The average molecular weight is 215 g/mol. The van der Waals surface area contributed by atoms with Gasteiger partial charge in [0.2, 0.25) is 0 Å². The Hall–Kier alpha value is -1.35. The van der Waals surface area contributed by atoms with Crippen LogP contribution in [-0.4, -0.2) is 16.3 Å². The molecule has 0 saturated carbocycles. The lowest BCUT2D eigenvalue weighted by molar-refractivity contribution is 0.396. The Morgan fingerprint density at radius 1 is 1.31 bits per heavy atom. The summed E-state index contributed by atoms with van der Waals surface area (Å²) in [4.78, 5) is 0. The highest BCUT2D eigenvalue weighted by Crippen LogP contribution is 2.28. The fourth-order valence-electron chi connectivity index (χ4n) is 2.67. The SMILES string of the molecule is Cn1nc2ccccc2c1C1CCCCN1. The van der Waals surface area contributed by atoms with Crippen LogP contribution in [0.1, 0.15) is 31.0 Å². The van der Waals surface area contributed by atoms with E-state index in [9.17, 15) is 0 Å². The number of fused-ring (bicyclic) bond motifs is 1. The van der Waals surface area contributed by atoms with E-state index in [4.69, 9.17) is 0 Å². The average Bonchev–Trinajstić information content (AvgIpc) is 2.66. The van der Waals surface area contributed by atoms with E-state index in [1.807, 2.05) is 17.8 Å². The zero-order valence-corrected chi connectivity index (χ0v) is 9.61. The first kappa shape index (κ1) is 9.85. The van der Waals surface area contributed by atoms with Gasteiger partial charge < -0.3 is 5.32 Å². The Kier molecular flexibility index (Phi) is 2.40. The van der Waals surface area contributed by atoms with Crippen molar-refractivity contribution in [1.82, 2.24) is 15.1 Å². The molecule has 1 N–H and O–H groups in total. The van der Waals surface area contributed by atoms with Crippen molar-refractivity contribution < 1.29 is 0 Å². The van der Waals surface area contributed by atoms with Gasteiger partial charge in [0.1, 0.15) is 0 Å². The molecule has 0 amide bonds. The smallest absolute Gasteiger partial charge is 0.0926 e. The van der Waals surface area contributed by atoms with Crippen molar-refractivity contribution in [3.05, 3.63) is 30.0 Å². The maximum atomic E-state index is 4.56. The van der Waals surface area contributed by atoms with Gasteiger partial charge in [-0.1, -0.05) is 24.6 Å². The lowest BCUT2D eigenvalue weighted by Crippen LogP contribution is -2.28. The molecule has 84 valence electrons. The topological polar surface area (TPSA) is 29.9 Å². The molecule has 1 atom stereocenters. The summed E-state index contributed by atoms with van der Waals surface area (Å²) in [6, 6.07) is 8.88. The molecule has 0 bridgehead atoms. The van der Waals surface area contributed by atoms with Gasteiger partial charge in [-0.05, 0) is 25.5 Å². The monoisotopic (exact) mass is 215 g/mol. The van der Waals surface area contributed by atoms with E-state index in [1.54, 1.807) is 0 Å². The highest BCUT2D eigenvalue weighted by atomic mass is 15.3. The van der Waals surface area contributed by atoms with Crippen LogP contribution in [-0.2, 0) is 7.05 Å². The Balaban J connectivity index is 2.10. The highest BCUT2D eigenvalue weighted by molar-refractivity contribution is 5.81. The summed E-state index contributed by atoms with van der Waals surface area (Å²) in [5.74, 6) is 0. The lowest BCUT2D eigenvalue weighted by atomic mass is 9.99. The number of aromatic nitrogens is 2. The van der Waals surface area contributed by atoms with Crippen molar-refractivity contribution in [2.75, 3.05) is 6.54 Å². The van der Waals surface area contributed by atoms with Gasteiger partial charge >= 0.3 is 0 Å². The van der Waals surface area contributed by atoms with Crippen molar-refractivity contribution in [1.29, 1.82) is 0 Å². The predicted molar refractivity (Wildman–Crippen MR) is 65.3 cm³/mol. The standard InChI is InChI=1S/C13H17N3/c1-16-13(12-8-4-5-9-14-12)10-6-2-3-7-11(10)15-16/h2-3,6-7,12,14H,4-5,8-9H2,1H3. The molecule has 1 aromatic carbocycles. The Bertz CT molecular complexity index is 495. The van der Waals surface area contributed by atoms with Crippen LogP contribution in [0, 0.1) is 0 Å². The van der Waals surface area contributed by atoms with Crippen molar-refractivity contribution in [3.8, 4) is 0 Å². The Morgan fingerprint density at radius 2 is 2.19 bits per heavy atom. The number of aryl methyl sites for hydroxylation is 1. The summed E-state index contributed by atoms with van der Waals surface area (Å²) in [7, 11) is 2.05.